The molecule has 0 spiro atoms. The molecule has 4 nitrogen and oxygen atoms in total. The molecule has 2 aromatic carbocycles. The van der Waals surface area contributed by atoms with Crippen LogP contribution in [0, 0.1) is 11.8 Å². The summed E-state index contributed by atoms with van der Waals surface area (Å²) in [5, 5.41) is 3.03. The molecule has 29 heavy (non-hydrogen) atoms. The van der Waals surface area contributed by atoms with Crippen LogP contribution in [0.15, 0.2) is 48.5 Å². The molecule has 1 unspecified atom stereocenters. The summed E-state index contributed by atoms with van der Waals surface area (Å²) in [4.78, 5) is 17.4. The van der Waals surface area contributed by atoms with Crippen LogP contribution < -0.4 is 5.32 Å². The second kappa shape index (κ2) is 9.25. The Hall–Kier alpha value is -2.62. The molecular weight excluding hydrogens is 358 g/mol. The van der Waals surface area contributed by atoms with E-state index in [1.807, 2.05) is 24.3 Å². The molecule has 0 aliphatic rings. The summed E-state index contributed by atoms with van der Waals surface area (Å²) >= 11 is 0. The van der Waals surface area contributed by atoms with E-state index in [9.17, 15) is 4.79 Å². The highest BCUT2D eigenvalue weighted by Gasteiger charge is 2.20. The molecule has 0 saturated carbocycles. The first kappa shape index (κ1) is 21.1. The molecule has 0 aliphatic carbocycles. The van der Waals surface area contributed by atoms with E-state index in [4.69, 9.17) is 4.98 Å². The van der Waals surface area contributed by atoms with Gasteiger partial charge in [-0.1, -0.05) is 71.0 Å². The number of para-hydroxylation sites is 2. The quantitative estimate of drug-likeness (QED) is 0.577. The molecule has 0 radical (unpaired) electrons. The lowest BCUT2D eigenvalue weighted by atomic mass is 9.96. The number of carbonyl (C=O) groups excluding carboxylic acids is 1. The molecule has 3 rings (SSSR count). The van der Waals surface area contributed by atoms with Crippen LogP contribution >= 0.6 is 0 Å². The number of rotatable bonds is 8. The van der Waals surface area contributed by atoms with Gasteiger partial charge in [0.1, 0.15) is 12.4 Å². The van der Waals surface area contributed by atoms with Gasteiger partial charge in [0.15, 0.2) is 0 Å². The highest BCUT2D eigenvalue weighted by atomic mass is 16.1. The van der Waals surface area contributed by atoms with Gasteiger partial charge in [-0.2, -0.15) is 0 Å². The average Bonchev–Trinajstić information content (AvgIpc) is 3.04. The second-order valence-electron chi connectivity index (χ2n) is 8.80. The Labute approximate surface area is 174 Å². The van der Waals surface area contributed by atoms with Gasteiger partial charge in [-0.25, -0.2) is 4.98 Å². The Balaban J connectivity index is 1.90. The van der Waals surface area contributed by atoms with Gasteiger partial charge in [0.05, 0.1) is 11.0 Å². The Morgan fingerprint density at radius 3 is 2.31 bits per heavy atom. The topological polar surface area (TPSA) is 46.9 Å². The number of imidazole rings is 1. The molecule has 1 heterocycles. The standard InChI is InChI=1S/C25H33N3O/c1-17(2)14-20-10-12-21(13-11-20)19(5)25-27-22-8-6-7-9-23(22)28(25)16-24(29)26-15-18(3)4/h6-13,17-19H,14-16H2,1-5H3,(H,26,29). The Kier molecular flexibility index (Phi) is 6.73. The number of fused-ring (bicyclic) bond motifs is 1. The van der Waals surface area contributed by atoms with E-state index in [0.29, 0.717) is 24.9 Å². The second-order valence-corrected chi connectivity index (χ2v) is 8.80. The van der Waals surface area contributed by atoms with Crippen molar-refractivity contribution in [1.82, 2.24) is 14.9 Å². The molecule has 154 valence electrons. The first-order valence-corrected chi connectivity index (χ1v) is 10.7. The van der Waals surface area contributed by atoms with E-state index in [0.717, 1.165) is 23.3 Å². The summed E-state index contributed by atoms with van der Waals surface area (Å²) in [5.41, 5.74) is 4.52. The van der Waals surface area contributed by atoms with Gasteiger partial charge in [-0.3, -0.25) is 4.79 Å². The number of amides is 1. The van der Waals surface area contributed by atoms with Crippen LogP contribution in [-0.2, 0) is 17.8 Å². The minimum Gasteiger partial charge on any atom is -0.354 e. The minimum absolute atomic E-state index is 0.0302. The van der Waals surface area contributed by atoms with E-state index in [1.165, 1.54) is 11.1 Å². The Bertz CT molecular complexity index is 954. The number of nitrogens with one attached hydrogen (secondary N) is 1. The molecule has 0 saturated heterocycles. The van der Waals surface area contributed by atoms with E-state index in [1.54, 1.807) is 0 Å². The van der Waals surface area contributed by atoms with E-state index >= 15 is 0 Å². The van der Waals surface area contributed by atoms with Gasteiger partial charge in [-0.15, -0.1) is 0 Å². The van der Waals surface area contributed by atoms with Crippen molar-refractivity contribution >= 4 is 16.9 Å². The van der Waals surface area contributed by atoms with E-state index in [2.05, 4.69) is 68.8 Å². The summed E-state index contributed by atoms with van der Waals surface area (Å²) in [6, 6.07) is 16.9. The zero-order valence-electron chi connectivity index (χ0n) is 18.3. The molecule has 4 heteroatoms. The zero-order valence-corrected chi connectivity index (χ0v) is 18.3. The third kappa shape index (κ3) is 5.26. The van der Waals surface area contributed by atoms with Gasteiger partial charge in [-0.05, 0) is 41.5 Å². The average molecular weight is 392 g/mol. The molecule has 0 fully saturated rings. The van der Waals surface area contributed by atoms with Crippen molar-refractivity contribution in [3.8, 4) is 0 Å². The van der Waals surface area contributed by atoms with E-state index < -0.39 is 0 Å². The van der Waals surface area contributed by atoms with Gasteiger partial charge in [0.25, 0.3) is 0 Å². The van der Waals surface area contributed by atoms with Crippen LogP contribution in [0.3, 0.4) is 0 Å². The number of hydrogen-bond donors (Lipinski definition) is 1. The highest BCUT2D eigenvalue weighted by Crippen LogP contribution is 2.28. The lowest BCUT2D eigenvalue weighted by Crippen LogP contribution is -2.31. The first-order chi connectivity index (χ1) is 13.8. The van der Waals surface area contributed by atoms with Crippen LogP contribution in [0.5, 0.6) is 0 Å². The number of nitrogens with zero attached hydrogens (tertiary/aromatic N) is 2. The van der Waals surface area contributed by atoms with Crippen molar-refractivity contribution in [3.05, 3.63) is 65.5 Å². The summed E-state index contributed by atoms with van der Waals surface area (Å²) in [5.74, 6) is 2.14. The lowest BCUT2D eigenvalue weighted by Gasteiger charge is -2.16. The van der Waals surface area contributed by atoms with Crippen LogP contribution in [0.1, 0.15) is 57.5 Å². The molecule has 0 bridgehead atoms. The van der Waals surface area contributed by atoms with E-state index in [-0.39, 0.29) is 11.8 Å². The van der Waals surface area contributed by atoms with Crippen molar-refractivity contribution in [1.29, 1.82) is 0 Å². The van der Waals surface area contributed by atoms with Crippen molar-refractivity contribution in [2.24, 2.45) is 11.8 Å². The third-order valence-corrected chi connectivity index (χ3v) is 5.20. The predicted octanol–water partition coefficient (Wildman–Crippen LogP) is 5.16. The van der Waals surface area contributed by atoms with Crippen molar-refractivity contribution < 1.29 is 4.79 Å². The zero-order chi connectivity index (χ0) is 21.0. The normalized spacial score (nSPS) is 12.7. The maximum atomic E-state index is 12.6. The Morgan fingerprint density at radius 2 is 1.66 bits per heavy atom. The minimum atomic E-state index is 0.0302. The fraction of sp³-hybridized carbons (Fsp3) is 0.440. The fourth-order valence-electron chi connectivity index (χ4n) is 3.67. The largest absolute Gasteiger partial charge is 0.354 e. The first-order valence-electron chi connectivity index (χ1n) is 10.7. The summed E-state index contributed by atoms with van der Waals surface area (Å²) in [6.07, 6.45) is 1.09. The molecule has 0 aliphatic heterocycles. The summed E-state index contributed by atoms with van der Waals surface area (Å²) in [6.45, 7) is 11.8. The monoisotopic (exact) mass is 391 g/mol. The molecule has 1 aromatic heterocycles. The SMILES string of the molecule is CC(C)CNC(=O)Cn1c(C(C)c2ccc(CC(C)C)cc2)nc2ccccc21. The maximum absolute atomic E-state index is 12.6. The summed E-state index contributed by atoms with van der Waals surface area (Å²) < 4.78 is 2.07. The fourth-order valence-corrected chi connectivity index (χ4v) is 3.67. The van der Waals surface area contributed by atoms with Crippen LogP contribution in [-0.4, -0.2) is 22.0 Å². The van der Waals surface area contributed by atoms with Gasteiger partial charge in [0.2, 0.25) is 5.91 Å². The smallest absolute Gasteiger partial charge is 0.240 e. The number of hydrogen-bond acceptors (Lipinski definition) is 2. The van der Waals surface area contributed by atoms with Crippen LogP contribution in [0.4, 0.5) is 0 Å². The molecular formula is C25H33N3O. The van der Waals surface area contributed by atoms with Crippen LogP contribution in [0.2, 0.25) is 0 Å². The molecule has 1 amide bonds. The third-order valence-electron chi connectivity index (χ3n) is 5.20. The highest BCUT2D eigenvalue weighted by molar-refractivity contribution is 5.81. The number of aromatic nitrogens is 2. The van der Waals surface area contributed by atoms with Crippen molar-refractivity contribution in [3.63, 3.8) is 0 Å². The van der Waals surface area contributed by atoms with Gasteiger partial charge >= 0.3 is 0 Å². The molecule has 3 aromatic rings. The predicted molar refractivity (Wildman–Crippen MR) is 120 cm³/mol. The number of benzene rings is 2. The summed E-state index contributed by atoms with van der Waals surface area (Å²) in [7, 11) is 0. The lowest BCUT2D eigenvalue weighted by molar-refractivity contribution is -0.121. The van der Waals surface area contributed by atoms with Crippen molar-refractivity contribution in [2.45, 2.75) is 53.5 Å². The number of carbonyl (C=O) groups is 1. The van der Waals surface area contributed by atoms with Gasteiger partial charge < -0.3 is 9.88 Å². The van der Waals surface area contributed by atoms with Gasteiger partial charge in [0, 0.05) is 12.5 Å². The molecule has 1 N–H and O–H groups in total. The Morgan fingerprint density at radius 1 is 0.966 bits per heavy atom. The van der Waals surface area contributed by atoms with Crippen LogP contribution in [0.25, 0.3) is 11.0 Å². The maximum Gasteiger partial charge on any atom is 0.240 e. The van der Waals surface area contributed by atoms with Crippen molar-refractivity contribution in [2.75, 3.05) is 6.54 Å². The molecule has 1 atom stereocenters.